The zero-order valence-corrected chi connectivity index (χ0v) is 18.9. The SMILES string of the molecule is Cc1cc(S(=O)(=O)N2CCc3c(ccnc3Nc3cnc4ccccc4c3)C2)c(C)s1. The van der Waals surface area contributed by atoms with Crippen LogP contribution in [0.1, 0.15) is 20.9 Å². The topological polar surface area (TPSA) is 75.2 Å². The van der Waals surface area contributed by atoms with E-state index in [0.717, 1.165) is 43.3 Å². The van der Waals surface area contributed by atoms with E-state index in [0.29, 0.717) is 24.4 Å². The molecule has 0 unspecified atom stereocenters. The van der Waals surface area contributed by atoms with Gasteiger partial charge in [0.2, 0.25) is 10.0 Å². The molecule has 0 fully saturated rings. The van der Waals surface area contributed by atoms with Gasteiger partial charge in [0.15, 0.2) is 0 Å². The van der Waals surface area contributed by atoms with Crippen molar-refractivity contribution in [3.8, 4) is 0 Å². The molecule has 5 rings (SSSR count). The summed E-state index contributed by atoms with van der Waals surface area (Å²) in [6, 6.07) is 13.7. The van der Waals surface area contributed by atoms with Gasteiger partial charge in [0.05, 0.1) is 22.3 Å². The molecule has 1 aromatic carbocycles. The van der Waals surface area contributed by atoms with Gasteiger partial charge in [-0.1, -0.05) is 18.2 Å². The quantitative estimate of drug-likeness (QED) is 0.483. The molecular formula is C23H22N4O2S2. The van der Waals surface area contributed by atoms with Crippen LogP contribution in [0.5, 0.6) is 0 Å². The second kappa shape index (κ2) is 7.71. The summed E-state index contributed by atoms with van der Waals surface area (Å²) in [5, 5.41) is 4.43. The van der Waals surface area contributed by atoms with E-state index in [4.69, 9.17) is 0 Å². The summed E-state index contributed by atoms with van der Waals surface area (Å²) in [6.07, 6.45) is 4.13. The Morgan fingerprint density at radius 3 is 2.74 bits per heavy atom. The molecule has 1 aliphatic heterocycles. The van der Waals surface area contributed by atoms with Gasteiger partial charge in [-0.15, -0.1) is 11.3 Å². The third kappa shape index (κ3) is 3.71. The van der Waals surface area contributed by atoms with E-state index in [1.54, 1.807) is 22.8 Å². The number of thiophene rings is 1. The van der Waals surface area contributed by atoms with Crippen molar-refractivity contribution in [2.24, 2.45) is 0 Å². The number of fused-ring (bicyclic) bond motifs is 2. The third-order valence-electron chi connectivity index (χ3n) is 5.58. The molecule has 0 saturated heterocycles. The number of benzene rings is 1. The lowest BCUT2D eigenvalue weighted by atomic mass is 10.0. The molecule has 0 radical (unpaired) electrons. The first-order chi connectivity index (χ1) is 14.9. The lowest BCUT2D eigenvalue weighted by molar-refractivity contribution is 0.391. The highest BCUT2D eigenvalue weighted by atomic mass is 32.2. The van der Waals surface area contributed by atoms with Crippen molar-refractivity contribution in [3.63, 3.8) is 0 Å². The second-order valence-electron chi connectivity index (χ2n) is 7.71. The van der Waals surface area contributed by atoms with Crippen LogP contribution in [0.3, 0.4) is 0 Å². The second-order valence-corrected chi connectivity index (χ2v) is 11.1. The van der Waals surface area contributed by atoms with Gasteiger partial charge in [-0.05, 0) is 50.1 Å². The number of aryl methyl sites for hydroxylation is 2. The number of hydrogen-bond donors (Lipinski definition) is 1. The van der Waals surface area contributed by atoms with Crippen LogP contribution in [0.25, 0.3) is 10.9 Å². The molecule has 3 aromatic heterocycles. The number of rotatable bonds is 4. The minimum absolute atomic E-state index is 0.346. The summed E-state index contributed by atoms with van der Waals surface area (Å²) in [6.45, 7) is 4.58. The van der Waals surface area contributed by atoms with Crippen LogP contribution in [0.2, 0.25) is 0 Å². The summed E-state index contributed by atoms with van der Waals surface area (Å²) in [4.78, 5) is 11.3. The number of nitrogens with zero attached hydrogens (tertiary/aromatic N) is 3. The molecule has 0 saturated carbocycles. The lowest BCUT2D eigenvalue weighted by Gasteiger charge is -2.29. The van der Waals surface area contributed by atoms with E-state index in [1.165, 1.54) is 11.3 Å². The van der Waals surface area contributed by atoms with Crippen molar-refractivity contribution in [2.75, 3.05) is 11.9 Å². The molecule has 158 valence electrons. The molecular weight excluding hydrogens is 428 g/mol. The van der Waals surface area contributed by atoms with Gasteiger partial charge in [-0.25, -0.2) is 13.4 Å². The van der Waals surface area contributed by atoms with Crippen LogP contribution in [0.15, 0.2) is 59.8 Å². The first-order valence-corrected chi connectivity index (χ1v) is 12.3. The van der Waals surface area contributed by atoms with Crippen molar-refractivity contribution in [2.45, 2.75) is 31.7 Å². The van der Waals surface area contributed by atoms with E-state index in [9.17, 15) is 8.42 Å². The highest BCUT2D eigenvalue weighted by Gasteiger charge is 2.31. The van der Waals surface area contributed by atoms with Gasteiger partial charge in [0, 0.05) is 40.0 Å². The highest BCUT2D eigenvalue weighted by Crippen LogP contribution is 2.33. The summed E-state index contributed by atoms with van der Waals surface area (Å²) < 4.78 is 28.0. The summed E-state index contributed by atoms with van der Waals surface area (Å²) in [5.74, 6) is 0.759. The maximum absolute atomic E-state index is 13.2. The molecule has 4 heterocycles. The Morgan fingerprint density at radius 1 is 1.10 bits per heavy atom. The molecule has 4 aromatic rings. The zero-order chi connectivity index (χ0) is 21.6. The fourth-order valence-electron chi connectivity index (χ4n) is 4.06. The van der Waals surface area contributed by atoms with E-state index in [-0.39, 0.29) is 0 Å². The fourth-order valence-corrected chi connectivity index (χ4v) is 7.00. The Hall–Kier alpha value is -2.81. The first kappa shape index (κ1) is 20.1. The van der Waals surface area contributed by atoms with E-state index >= 15 is 0 Å². The Bertz CT molecular complexity index is 1400. The standard InChI is InChI=1S/C23H22N4O2S2/c1-15-11-22(16(2)30-15)31(28,29)27-10-8-20-18(14-27)7-9-24-23(20)26-19-12-17-5-3-4-6-21(17)25-13-19/h3-7,9,11-13H,8,10,14H2,1-2H3,(H,24,26). The van der Waals surface area contributed by atoms with E-state index in [1.807, 2.05) is 50.2 Å². The summed E-state index contributed by atoms with van der Waals surface area (Å²) in [7, 11) is -3.52. The molecule has 0 aliphatic carbocycles. The maximum atomic E-state index is 13.2. The number of anilines is 2. The fraction of sp³-hybridized carbons (Fsp3) is 0.217. The third-order valence-corrected chi connectivity index (χ3v) is 8.64. The Kier molecular flexibility index (Phi) is 5.00. The van der Waals surface area contributed by atoms with Crippen LogP contribution in [-0.4, -0.2) is 29.2 Å². The van der Waals surface area contributed by atoms with E-state index in [2.05, 4.69) is 15.3 Å². The lowest BCUT2D eigenvalue weighted by Crippen LogP contribution is -2.36. The summed E-state index contributed by atoms with van der Waals surface area (Å²) in [5.41, 5.74) is 3.83. The van der Waals surface area contributed by atoms with Crippen molar-refractivity contribution in [1.82, 2.24) is 14.3 Å². The van der Waals surface area contributed by atoms with Crippen molar-refractivity contribution in [1.29, 1.82) is 0 Å². The van der Waals surface area contributed by atoms with Crippen LogP contribution in [0, 0.1) is 13.8 Å². The summed E-state index contributed by atoms with van der Waals surface area (Å²) >= 11 is 1.52. The molecule has 1 aliphatic rings. The Balaban J connectivity index is 1.43. The monoisotopic (exact) mass is 450 g/mol. The average Bonchev–Trinajstić information content (AvgIpc) is 3.12. The molecule has 0 spiro atoms. The molecule has 1 N–H and O–H groups in total. The van der Waals surface area contributed by atoms with Crippen LogP contribution in [0.4, 0.5) is 11.5 Å². The normalized spacial score (nSPS) is 14.5. The number of aromatic nitrogens is 2. The number of nitrogens with one attached hydrogen (secondary N) is 1. The maximum Gasteiger partial charge on any atom is 0.244 e. The number of sulfonamides is 1. The highest BCUT2D eigenvalue weighted by molar-refractivity contribution is 7.89. The predicted octanol–water partition coefficient (Wildman–Crippen LogP) is 4.80. The van der Waals surface area contributed by atoms with Crippen LogP contribution in [-0.2, 0) is 23.0 Å². The van der Waals surface area contributed by atoms with Crippen LogP contribution < -0.4 is 5.32 Å². The Labute approximate surface area is 185 Å². The predicted molar refractivity (Wildman–Crippen MR) is 124 cm³/mol. The van der Waals surface area contributed by atoms with E-state index < -0.39 is 10.0 Å². The number of para-hydroxylation sites is 1. The van der Waals surface area contributed by atoms with Crippen molar-refractivity contribution >= 4 is 43.8 Å². The molecule has 0 bridgehead atoms. The van der Waals surface area contributed by atoms with Gasteiger partial charge < -0.3 is 5.32 Å². The van der Waals surface area contributed by atoms with Gasteiger partial charge in [-0.2, -0.15) is 4.31 Å². The zero-order valence-electron chi connectivity index (χ0n) is 17.3. The molecule has 31 heavy (non-hydrogen) atoms. The minimum Gasteiger partial charge on any atom is -0.339 e. The van der Waals surface area contributed by atoms with Gasteiger partial charge in [0.25, 0.3) is 0 Å². The Morgan fingerprint density at radius 2 is 1.94 bits per heavy atom. The van der Waals surface area contributed by atoms with Crippen LogP contribution >= 0.6 is 11.3 Å². The average molecular weight is 451 g/mol. The number of pyridine rings is 2. The van der Waals surface area contributed by atoms with Crippen molar-refractivity contribution < 1.29 is 8.42 Å². The largest absolute Gasteiger partial charge is 0.339 e. The first-order valence-electron chi connectivity index (χ1n) is 10.1. The van der Waals surface area contributed by atoms with Gasteiger partial charge >= 0.3 is 0 Å². The van der Waals surface area contributed by atoms with Crippen molar-refractivity contribution in [3.05, 3.63) is 75.7 Å². The molecule has 0 atom stereocenters. The smallest absolute Gasteiger partial charge is 0.244 e. The molecule has 6 nitrogen and oxygen atoms in total. The minimum atomic E-state index is -3.52. The number of hydrogen-bond acceptors (Lipinski definition) is 6. The molecule has 8 heteroatoms. The van der Waals surface area contributed by atoms with Gasteiger partial charge in [0.1, 0.15) is 5.82 Å². The molecule has 0 amide bonds. The van der Waals surface area contributed by atoms with Gasteiger partial charge in [-0.3, -0.25) is 4.98 Å².